The lowest BCUT2D eigenvalue weighted by molar-refractivity contribution is -0.177. The van der Waals surface area contributed by atoms with Gasteiger partial charge in [0.25, 0.3) is 0 Å². The second kappa shape index (κ2) is 6.21. The Morgan fingerprint density at radius 1 is 1.27 bits per heavy atom. The molecule has 2 unspecified atom stereocenters. The highest BCUT2D eigenvalue weighted by atomic mass is 16.7. The Morgan fingerprint density at radius 2 is 2.00 bits per heavy atom. The highest BCUT2D eigenvalue weighted by molar-refractivity contribution is 5.82. The number of hydrogen-bond donors (Lipinski definition) is 1. The van der Waals surface area contributed by atoms with Gasteiger partial charge < -0.3 is 14.6 Å². The van der Waals surface area contributed by atoms with E-state index in [2.05, 4.69) is 20.4 Å². The lowest BCUT2D eigenvalue weighted by Crippen LogP contribution is -2.60. The number of rotatable bonds is 3. The summed E-state index contributed by atoms with van der Waals surface area (Å²) < 4.78 is 11.8. The van der Waals surface area contributed by atoms with Crippen LogP contribution in [-0.2, 0) is 20.9 Å². The summed E-state index contributed by atoms with van der Waals surface area (Å²) in [5, 5.41) is 11.0. The van der Waals surface area contributed by atoms with Gasteiger partial charge in [-0.1, -0.05) is 56.3 Å². The van der Waals surface area contributed by atoms with Gasteiger partial charge in [-0.05, 0) is 42.6 Å². The second-order valence-electron chi connectivity index (χ2n) is 8.77. The van der Waals surface area contributed by atoms with E-state index in [4.69, 9.17) is 9.47 Å². The molecular weight excluding hydrogens is 328 g/mol. The summed E-state index contributed by atoms with van der Waals surface area (Å²) in [6.07, 6.45) is 1.91. The van der Waals surface area contributed by atoms with E-state index in [9.17, 15) is 9.90 Å². The maximum absolute atomic E-state index is 13.1. The summed E-state index contributed by atoms with van der Waals surface area (Å²) in [6.45, 7) is 9.04. The van der Waals surface area contributed by atoms with Gasteiger partial charge >= 0.3 is 5.97 Å². The minimum absolute atomic E-state index is 0.00841. The van der Waals surface area contributed by atoms with Gasteiger partial charge in [0.15, 0.2) is 0 Å². The molecule has 4 nitrogen and oxygen atoms in total. The van der Waals surface area contributed by atoms with Crippen LogP contribution >= 0.6 is 0 Å². The number of carbonyl (C=O) groups is 1. The zero-order valence-electron chi connectivity index (χ0n) is 15.6. The first-order chi connectivity index (χ1) is 12.4. The topological polar surface area (TPSA) is 55.8 Å². The molecule has 3 aliphatic rings. The fourth-order valence-corrected chi connectivity index (χ4v) is 5.66. The van der Waals surface area contributed by atoms with Crippen LogP contribution in [0.5, 0.6) is 0 Å². The Labute approximate surface area is 155 Å². The van der Waals surface area contributed by atoms with Crippen molar-refractivity contribution in [2.75, 3.05) is 0 Å². The summed E-state index contributed by atoms with van der Waals surface area (Å²) in [5.74, 6) is -0.481. The number of aliphatic hydroxyl groups excluding tert-OH is 1. The molecule has 1 heterocycles. The number of carbonyl (C=O) groups excluding carboxylic acids is 1. The maximum atomic E-state index is 13.1. The summed E-state index contributed by atoms with van der Waals surface area (Å²) in [5.41, 5.74) is 1.10. The van der Waals surface area contributed by atoms with Crippen molar-refractivity contribution in [3.63, 3.8) is 0 Å². The van der Waals surface area contributed by atoms with Crippen molar-refractivity contribution in [1.29, 1.82) is 0 Å². The molecule has 1 N–H and O–H groups in total. The van der Waals surface area contributed by atoms with E-state index in [1.54, 1.807) is 0 Å². The van der Waals surface area contributed by atoms with Crippen molar-refractivity contribution in [3.8, 4) is 0 Å². The minimum Gasteiger partial charge on any atom is -0.435 e. The molecule has 4 heteroatoms. The van der Waals surface area contributed by atoms with Gasteiger partial charge in [0.2, 0.25) is 6.29 Å². The Morgan fingerprint density at radius 3 is 2.73 bits per heavy atom. The normalized spacial score (nSPS) is 38.4. The van der Waals surface area contributed by atoms with Gasteiger partial charge in [-0.2, -0.15) is 0 Å². The Bertz CT molecular complexity index is 710. The van der Waals surface area contributed by atoms with E-state index >= 15 is 0 Å². The van der Waals surface area contributed by atoms with Gasteiger partial charge in [0.05, 0.1) is 18.6 Å². The average Bonchev–Trinajstić information content (AvgIpc) is 2.92. The van der Waals surface area contributed by atoms with Crippen molar-refractivity contribution in [1.82, 2.24) is 0 Å². The second-order valence-corrected chi connectivity index (χ2v) is 8.77. The maximum Gasteiger partial charge on any atom is 0.318 e. The summed E-state index contributed by atoms with van der Waals surface area (Å²) in [7, 11) is 0. The summed E-state index contributed by atoms with van der Waals surface area (Å²) >= 11 is 0. The van der Waals surface area contributed by atoms with E-state index in [0.717, 1.165) is 30.4 Å². The van der Waals surface area contributed by atoms with Crippen LogP contribution in [0.1, 0.15) is 45.1 Å². The first-order valence-corrected chi connectivity index (χ1v) is 9.59. The predicted molar refractivity (Wildman–Crippen MR) is 97.9 cm³/mol. The molecule has 4 rings (SSSR count). The molecule has 1 saturated heterocycles. The molecule has 3 fully saturated rings. The number of aliphatic hydroxyl groups is 1. The third-order valence-electron chi connectivity index (χ3n) is 6.95. The fraction of sp³-hybridized carbons (Fsp3) is 0.591. The van der Waals surface area contributed by atoms with Crippen LogP contribution in [0, 0.1) is 22.7 Å². The average molecular weight is 356 g/mol. The van der Waals surface area contributed by atoms with Crippen molar-refractivity contribution in [2.45, 2.75) is 58.5 Å². The zero-order valence-corrected chi connectivity index (χ0v) is 15.6. The van der Waals surface area contributed by atoms with Crippen LogP contribution in [0.4, 0.5) is 0 Å². The number of hydrogen-bond acceptors (Lipinski definition) is 4. The molecule has 140 valence electrons. The van der Waals surface area contributed by atoms with E-state index in [0.29, 0.717) is 13.0 Å². The van der Waals surface area contributed by atoms with Crippen molar-refractivity contribution in [2.24, 2.45) is 22.7 Å². The standard InChI is InChI=1S/C22H28O4/c1-14-9-10-16-21(2,3)12-11-17(23)22(16)18(14)19(26-20(22)24)25-13-15-7-5-4-6-8-15/h4-8,16-19,23H,1,9-13H2,2-3H3/t16-,17+,18?,19-,22?/m0/s1. The lowest BCUT2D eigenvalue weighted by atomic mass is 9.46. The molecule has 5 atom stereocenters. The van der Waals surface area contributed by atoms with Gasteiger partial charge in [-0.3, -0.25) is 4.79 Å². The first-order valence-electron chi connectivity index (χ1n) is 9.59. The van der Waals surface area contributed by atoms with Crippen molar-refractivity contribution < 1.29 is 19.4 Å². The van der Waals surface area contributed by atoms with E-state index < -0.39 is 17.8 Å². The number of cyclic esters (lactones) is 1. The lowest BCUT2D eigenvalue weighted by Gasteiger charge is -2.56. The highest BCUT2D eigenvalue weighted by Gasteiger charge is 2.71. The Kier molecular flexibility index (Phi) is 4.24. The van der Waals surface area contributed by atoms with E-state index in [1.165, 1.54) is 0 Å². The monoisotopic (exact) mass is 356 g/mol. The smallest absolute Gasteiger partial charge is 0.318 e. The fourth-order valence-electron chi connectivity index (χ4n) is 5.66. The third kappa shape index (κ3) is 2.46. The van der Waals surface area contributed by atoms with Crippen molar-refractivity contribution >= 4 is 5.97 Å². The van der Waals surface area contributed by atoms with Crippen LogP contribution in [0.25, 0.3) is 0 Å². The molecule has 0 bridgehead atoms. The molecule has 0 amide bonds. The number of benzene rings is 1. The van der Waals surface area contributed by atoms with E-state index in [-0.39, 0.29) is 23.2 Å². The number of esters is 1. The molecule has 1 aromatic carbocycles. The Balaban J connectivity index is 1.66. The van der Waals surface area contributed by atoms with Gasteiger partial charge in [-0.25, -0.2) is 0 Å². The van der Waals surface area contributed by atoms with Crippen LogP contribution in [0.2, 0.25) is 0 Å². The Hall–Kier alpha value is -1.65. The third-order valence-corrected chi connectivity index (χ3v) is 6.95. The molecule has 2 saturated carbocycles. The highest BCUT2D eigenvalue weighted by Crippen LogP contribution is 2.65. The van der Waals surface area contributed by atoms with Crippen LogP contribution in [0.3, 0.4) is 0 Å². The molecule has 0 aromatic heterocycles. The molecule has 1 spiro atoms. The van der Waals surface area contributed by atoms with Crippen LogP contribution < -0.4 is 0 Å². The van der Waals surface area contributed by atoms with Crippen LogP contribution in [0.15, 0.2) is 42.5 Å². The largest absolute Gasteiger partial charge is 0.435 e. The molecule has 0 radical (unpaired) electrons. The summed E-state index contributed by atoms with van der Waals surface area (Å²) in [4.78, 5) is 13.1. The van der Waals surface area contributed by atoms with Gasteiger partial charge in [0, 0.05) is 0 Å². The molecule has 1 aromatic rings. The predicted octanol–water partition coefficient (Wildman–Crippen LogP) is 3.84. The quantitative estimate of drug-likeness (QED) is 0.660. The summed E-state index contributed by atoms with van der Waals surface area (Å²) in [6, 6.07) is 9.86. The molecule has 1 aliphatic heterocycles. The molecular formula is C22H28O4. The minimum atomic E-state index is -0.904. The molecule has 2 aliphatic carbocycles. The number of ether oxygens (including phenoxy) is 2. The van der Waals surface area contributed by atoms with Gasteiger partial charge in [-0.15, -0.1) is 0 Å². The molecule has 26 heavy (non-hydrogen) atoms. The van der Waals surface area contributed by atoms with E-state index in [1.807, 2.05) is 30.3 Å². The van der Waals surface area contributed by atoms with Gasteiger partial charge in [0.1, 0.15) is 5.41 Å². The van der Waals surface area contributed by atoms with Crippen LogP contribution in [-0.4, -0.2) is 23.5 Å². The zero-order chi connectivity index (χ0) is 18.5. The SMILES string of the molecule is C=C1CC[C@H]2C(C)(C)CC[C@@H](O)C23C(=O)O[C@H](OCc2ccccc2)C13. The van der Waals surface area contributed by atoms with Crippen molar-refractivity contribution in [3.05, 3.63) is 48.0 Å². The first kappa shape index (κ1) is 17.7.